The zero-order valence-corrected chi connectivity index (χ0v) is 23.3. The highest BCUT2D eigenvalue weighted by molar-refractivity contribution is 6.05. The summed E-state index contributed by atoms with van der Waals surface area (Å²) >= 11 is 0. The van der Waals surface area contributed by atoms with Crippen molar-refractivity contribution in [1.82, 2.24) is 20.4 Å². The van der Waals surface area contributed by atoms with Gasteiger partial charge in [0.15, 0.2) is 0 Å². The first-order valence-electron chi connectivity index (χ1n) is 14.5. The zero-order valence-electron chi connectivity index (χ0n) is 23.3. The Hall–Kier alpha value is -4.01. The Morgan fingerprint density at radius 3 is 2.49 bits per heavy atom. The summed E-state index contributed by atoms with van der Waals surface area (Å²) < 4.78 is 6.69. The Kier molecular flexibility index (Phi) is 7.85. The maximum absolute atomic E-state index is 13.2. The van der Waals surface area contributed by atoms with Gasteiger partial charge >= 0.3 is 0 Å². The second-order valence-corrected chi connectivity index (χ2v) is 11.2. The predicted octanol–water partition coefficient (Wildman–Crippen LogP) is 3.82. The SMILES string of the molecule is C[C@H](c1ccccc1)N1CCC(NCc2ccccc2)C(Oc2ccc3c(c2)CN(C2CCC(=O)NC2=O)C3=O)C1. The molecule has 3 aromatic rings. The maximum Gasteiger partial charge on any atom is 0.255 e. The number of nitrogens with one attached hydrogen (secondary N) is 2. The van der Waals surface area contributed by atoms with Crippen molar-refractivity contribution in [3.8, 4) is 5.75 Å². The molecule has 41 heavy (non-hydrogen) atoms. The Labute approximate surface area is 240 Å². The third kappa shape index (κ3) is 5.89. The Bertz CT molecular complexity index is 1410. The van der Waals surface area contributed by atoms with Gasteiger partial charge in [-0.15, -0.1) is 0 Å². The van der Waals surface area contributed by atoms with E-state index in [9.17, 15) is 14.4 Å². The summed E-state index contributed by atoms with van der Waals surface area (Å²) in [5.74, 6) is -0.151. The van der Waals surface area contributed by atoms with Crippen LogP contribution in [0.5, 0.6) is 5.75 Å². The van der Waals surface area contributed by atoms with E-state index < -0.39 is 11.9 Å². The van der Waals surface area contributed by atoms with E-state index in [1.165, 1.54) is 11.1 Å². The fraction of sp³-hybridized carbons (Fsp3) is 0.364. The molecule has 2 N–H and O–H groups in total. The molecule has 2 saturated heterocycles. The second kappa shape index (κ2) is 11.8. The molecule has 3 amide bonds. The molecule has 3 unspecified atom stereocenters. The lowest BCUT2D eigenvalue weighted by atomic mass is 9.97. The van der Waals surface area contributed by atoms with E-state index in [0.717, 1.165) is 31.6 Å². The molecule has 3 aliphatic rings. The van der Waals surface area contributed by atoms with Crippen LogP contribution < -0.4 is 15.4 Å². The molecule has 3 aliphatic heterocycles. The normalized spacial score (nSPS) is 23.7. The van der Waals surface area contributed by atoms with Gasteiger partial charge in [0.2, 0.25) is 11.8 Å². The number of hydrogen-bond acceptors (Lipinski definition) is 6. The minimum Gasteiger partial charge on any atom is -0.487 e. The van der Waals surface area contributed by atoms with Crippen molar-refractivity contribution in [1.29, 1.82) is 0 Å². The molecular weight excluding hydrogens is 516 g/mol. The summed E-state index contributed by atoms with van der Waals surface area (Å²) in [5.41, 5.74) is 3.95. The molecular formula is C33H36N4O4. The summed E-state index contributed by atoms with van der Waals surface area (Å²) in [6.07, 6.45) is 1.43. The van der Waals surface area contributed by atoms with Gasteiger partial charge in [-0.25, -0.2) is 0 Å². The smallest absolute Gasteiger partial charge is 0.255 e. The van der Waals surface area contributed by atoms with Crippen LogP contribution in [0.4, 0.5) is 0 Å². The van der Waals surface area contributed by atoms with Crippen molar-refractivity contribution in [2.24, 2.45) is 0 Å². The van der Waals surface area contributed by atoms with Gasteiger partial charge in [-0.05, 0) is 54.7 Å². The molecule has 3 aromatic carbocycles. The second-order valence-electron chi connectivity index (χ2n) is 11.2. The molecule has 0 spiro atoms. The molecule has 8 heteroatoms. The van der Waals surface area contributed by atoms with E-state index in [2.05, 4.69) is 71.0 Å². The number of piperidine rings is 2. The number of rotatable bonds is 8. The molecule has 8 nitrogen and oxygen atoms in total. The lowest BCUT2D eigenvalue weighted by molar-refractivity contribution is -0.136. The first-order chi connectivity index (χ1) is 20.0. The van der Waals surface area contributed by atoms with Gasteiger partial charge in [0.25, 0.3) is 5.91 Å². The van der Waals surface area contributed by atoms with Crippen molar-refractivity contribution in [3.63, 3.8) is 0 Å². The van der Waals surface area contributed by atoms with Crippen molar-refractivity contribution in [2.75, 3.05) is 13.1 Å². The Morgan fingerprint density at radius 2 is 1.73 bits per heavy atom. The van der Waals surface area contributed by atoms with E-state index in [1.54, 1.807) is 11.0 Å². The Morgan fingerprint density at radius 1 is 0.976 bits per heavy atom. The molecule has 0 radical (unpaired) electrons. The minimum absolute atomic E-state index is 0.0972. The first-order valence-corrected chi connectivity index (χ1v) is 14.5. The average Bonchev–Trinajstić information content (AvgIpc) is 3.32. The third-order valence-electron chi connectivity index (χ3n) is 8.61. The van der Waals surface area contributed by atoms with E-state index in [0.29, 0.717) is 24.3 Å². The van der Waals surface area contributed by atoms with Gasteiger partial charge in [-0.3, -0.25) is 24.6 Å². The highest BCUT2D eigenvalue weighted by atomic mass is 16.5. The van der Waals surface area contributed by atoms with Crippen molar-refractivity contribution in [2.45, 2.75) is 63.5 Å². The van der Waals surface area contributed by atoms with Crippen LogP contribution >= 0.6 is 0 Å². The van der Waals surface area contributed by atoms with Crippen LogP contribution in [-0.2, 0) is 22.7 Å². The van der Waals surface area contributed by atoms with Crippen molar-refractivity contribution >= 4 is 17.7 Å². The fourth-order valence-electron chi connectivity index (χ4n) is 6.23. The van der Waals surface area contributed by atoms with Crippen LogP contribution in [0.25, 0.3) is 0 Å². The molecule has 0 aromatic heterocycles. The molecule has 3 heterocycles. The molecule has 212 valence electrons. The number of carbonyl (C=O) groups is 3. The monoisotopic (exact) mass is 552 g/mol. The van der Waals surface area contributed by atoms with E-state index in [4.69, 9.17) is 4.74 Å². The predicted molar refractivity (Wildman–Crippen MR) is 155 cm³/mol. The summed E-state index contributed by atoms with van der Waals surface area (Å²) in [6, 6.07) is 26.3. The minimum atomic E-state index is -0.630. The fourth-order valence-corrected chi connectivity index (χ4v) is 6.23. The third-order valence-corrected chi connectivity index (χ3v) is 8.61. The highest BCUT2D eigenvalue weighted by Gasteiger charge is 2.39. The largest absolute Gasteiger partial charge is 0.487 e. The van der Waals surface area contributed by atoms with Crippen LogP contribution in [0.3, 0.4) is 0 Å². The summed E-state index contributed by atoms with van der Waals surface area (Å²) in [6.45, 7) is 5.06. The summed E-state index contributed by atoms with van der Waals surface area (Å²) in [4.78, 5) is 41.3. The van der Waals surface area contributed by atoms with Crippen LogP contribution in [0.1, 0.15) is 59.3 Å². The standard InChI is InChI=1S/C33H36N4O4/c1-22(24-10-6-3-7-11-24)36-17-16-28(34-19-23-8-4-2-5-9-23)30(21-36)41-26-12-13-27-25(18-26)20-37(33(27)40)29-14-15-31(38)35-32(29)39/h2-13,18,22,28-30,34H,14-17,19-21H2,1H3,(H,35,38,39)/t22-,28?,29?,30?/m1/s1. The van der Waals surface area contributed by atoms with E-state index in [1.807, 2.05) is 24.3 Å². The van der Waals surface area contributed by atoms with Gasteiger partial charge < -0.3 is 15.0 Å². The Balaban J connectivity index is 1.19. The topological polar surface area (TPSA) is 91.0 Å². The number of fused-ring (bicyclic) bond motifs is 1. The average molecular weight is 553 g/mol. The van der Waals surface area contributed by atoms with Crippen LogP contribution in [0.2, 0.25) is 0 Å². The number of benzene rings is 3. The maximum atomic E-state index is 13.2. The quantitative estimate of drug-likeness (QED) is 0.413. The van der Waals surface area contributed by atoms with Gasteiger partial charge in [-0.1, -0.05) is 60.7 Å². The lowest BCUT2D eigenvalue weighted by Gasteiger charge is -2.41. The molecule has 2 fully saturated rings. The molecule has 0 bridgehead atoms. The summed E-state index contributed by atoms with van der Waals surface area (Å²) in [7, 11) is 0. The molecule has 0 saturated carbocycles. The molecule has 0 aliphatic carbocycles. The molecule has 6 rings (SSSR count). The van der Waals surface area contributed by atoms with Crippen LogP contribution in [0.15, 0.2) is 78.9 Å². The number of nitrogens with zero attached hydrogens (tertiary/aromatic N) is 2. The van der Waals surface area contributed by atoms with Crippen LogP contribution in [-0.4, -0.2) is 58.8 Å². The summed E-state index contributed by atoms with van der Waals surface area (Å²) in [5, 5.41) is 6.10. The van der Waals surface area contributed by atoms with Crippen molar-refractivity contribution < 1.29 is 19.1 Å². The number of hydrogen-bond donors (Lipinski definition) is 2. The number of amides is 3. The number of carbonyl (C=O) groups excluding carboxylic acids is 3. The lowest BCUT2D eigenvalue weighted by Crippen LogP contribution is -2.55. The molecule has 4 atom stereocenters. The van der Waals surface area contributed by atoms with Gasteiger partial charge in [-0.2, -0.15) is 0 Å². The van der Waals surface area contributed by atoms with Crippen LogP contribution in [0, 0.1) is 0 Å². The van der Waals surface area contributed by atoms with E-state index in [-0.39, 0.29) is 36.4 Å². The van der Waals surface area contributed by atoms with E-state index >= 15 is 0 Å². The van der Waals surface area contributed by atoms with Crippen molar-refractivity contribution in [3.05, 3.63) is 101 Å². The van der Waals surface area contributed by atoms with Gasteiger partial charge in [0.05, 0.1) is 0 Å². The number of imide groups is 1. The van der Waals surface area contributed by atoms with Gasteiger partial charge in [0.1, 0.15) is 17.9 Å². The number of likely N-dealkylation sites (tertiary alicyclic amines) is 1. The zero-order chi connectivity index (χ0) is 28.3. The van der Waals surface area contributed by atoms with Gasteiger partial charge in [0, 0.05) is 50.2 Å². The first kappa shape index (κ1) is 27.2. The highest BCUT2D eigenvalue weighted by Crippen LogP contribution is 2.32. The number of ether oxygens (including phenoxy) is 1.